The smallest absolute Gasteiger partial charge is 0.543 e. The van der Waals surface area contributed by atoms with E-state index in [1.807, 2.05) is 0 Å². The molecule has 0 aliphatic rings. The molecule has 0 bridgehead atoms. The van der Waals surface area contributed by atoms with Crippen LogP contribution in [-0.2, 0) is 6.54 Å². The summed E-state index contributed by atoms with van der Waals surface area (Å²) >= 11 is 0. The minimum atomic E-state index is -4.53. The second-order valence-electron chi connectivity index (χ2n) is 5.64. The fourth-order valence-electron chi connectivity index (χ4n) is 2.83. The number of aromatic nitrogens is 3. The van der Waals surface area contributed by atoms with Gasteiger partial charge in [0.1, 0.15) is 24.1 Å². The molecule has 0 unspecified atom stereocenters. The Balaban J connectivity index is 0.00000210. The summed E-state index contributed by atoms with van der Waals surface area (Å²) in [5.74, 6) is -1.58. The van der Waals surface area contributed by atoms with Crippen LogP contribution in [0.5, 0.6) is 0 Å². The van der Waals surface area contributed by atoms with Crippen LogP contribution in [0.25, 0.3) is 33.1 Å². The zero-order valence-electron chi connectivity index (χ0n) is 13.9. The van der Waals surface area contributed by atoms with Gasteiger partial charge in [-0.2, -0.15) is 18.3 Å². The van der Waals surface area contributed by atoms with Crippen molar-refractivity contribution in [2.75, 3.05) is 0 Å². The van der Waals surface area contributed by atoms with E-state index in [0.29, 0.717) is 21.2 Å². The first-order chi connectivity index (χ1) is 12.3. The van der Waals surface area contributed by atoms with Crippen molar-refractivity contribution in [3.8, 4) is 11.3 Å². The number of carboxylic acids is 1. The third kappa shape index (κ3) is 3.43. The number of alkyl halides is 3. The summed E-state index contributed by atoms with van der Waals surface area (Å²) in [5, 5.41) is 16.0. The number of benzene rings is 1. The van der Waals surface area contributed by atoms with Gasteiger partial charge in [0.15, 0.2) is 0 Å². The summed E-state index contributed by atoms with van der Waals surface area (Å²) in [6.45, 7) is -1.37. The summed E-state index contributed by atoms with van der Waals surface area (Å²) < 4.78 is 44.9. The summed E-state index contributed by atoms with van der Waals surface area (Å²) in [6.07, 6.45) is -1.95. The van der Waals surface area contributed by atoms with Crippen molar-refractivity contribution in [2.45, 2.75) is 12.7 Å². The minimum Gasteiger partial charge on any atom is -0.543 e. The molecule has 1 aromatic carbocycles. The molecule has 0 aliphatic carbocycles. The SMILES string of the molecule is O=C([O-])c1cc2c(cn1)c(-c1coc3ccccc13)nn2CC(F)(F)F.[Li+]. The third-order valence-corrected chi connectivity index (χ3v) is 3.91. The van der Waals surface area contributed by atoms with Gasteiger partial charge in [0, 0.05) is 22.5 Å². The Morgan fingerprint density at radius 3 is 2.67 bits per heavy atom. The van der Waals surface area contributed by atoms with E-state index in [9.17, 15) is 23.1 Å². The van der Waals surface area contributed by atoms with Gasteiger partial charge in [0.05, 0.1) is 17.2 Å². The number of pyridine rings is 1. The third-order valence-electron chi connectivity index (χ3n) is 3.91. The van der Waals surface area contributed by atoms with Crippen molar-refractivity contribution < 1.29 is 46.4 Å². The van der Waals surface area contributed by atoms with Crippen LogP contribution in [0, 0.1) is 0 Å². The summed E-state index contributed by atoms with van der Waals surface area (Å²) in [6, 6.07) is 8.04. The van der Waals surface area contributed by atoms with Crippen LogP contribution in [0.4, 0.5) is 13.2 Å². The number of fused-ring (bicyclic) bond motifs is 2. The Morgan fingerprint density at radius 1 is 1.22 bits per heavy atom. The van der Waals surface area contributed by atoms with Gasteiger partial charge in [0.25, 0.3) is 0 Å². The van der Waals surface area contributed by atoms with Crippen molar-refractivity contribution in [1.29, 1.82) is 0 Å². The van der Waals surface area contributed by atoms with Crippen LogP contribution >= 0.6 is 0 Å². The quantitative estimate of drug-likeness (QED) is 0.468. The first-order valence-corrected chi connectivity index (χ1v) is 7.45. The topological polar surface area (TPSA) is 84.0 Å². The number of para-hydroxylation sites is 1. The molecule has 132 valence electrons. The number of rotatable bonds is 3. The molecule has 0 atom stereocenters. The number of hydrogen-bond acceptors (Lipinski definition) is 5. The van der Waals surface area contributed by atoms with Crippen molar-refractivity contribution in [1.82, 2.24) is 14.8 Å². The number of aromatic carboxylic acids is 1. The predicted octanol–water partition coefficient (Wildman–Crippen LogP) is -0.226. The van der Waals surface area contributed by atoms with Gasteiger partial charge in [-0.1, -0.05) is 18.2 Å². The minimum absolute atomic E-state index is 0. The standard InChI is InChI=1S/C17H10F3N3O3.Li/c18-17(19,20)8-23-13-5-12(16(24)25)21-6-10(13)15(22-23)11-7-26-14-4-2-1-3-9(11)14;/h1-7H,8H2,(H,24,25);/q;+1/p-1. The fourth-order valence-corrected chi connectivity index (χ4v) is 2.83. The van der Waals surface area contributed by atoms with Crippen LogP contribution in [0.2, 0.25) is 0 Å². The maximum atomic E-state index is 12.9. The second kappa shape index (κ2) is 6.76. The number of nitrogens with zero attached hydrogens (tertiary/aromatic N) is 3. The van der Waals surface area contributed by atoms with Gasteiger partial charge in [0.2, 0.25) is 0 Å². The van der Waals surface area contributed by atoms with Gasteiger partial charge >= 0.3 is 25.0 Å². The zero-order chi connectivity index (χ0) is 18.5. The van der Waals surface area contributed by atoms with Gasteiger partial charge in [-0.05, 0) is 12.1 Å². The van der Waals surface area contributed by atoms with E-state index in [1.165, 1.54) is 12.5 Å². The van der Waals surface area contributed by atoms with Crippen molar-refractivity contribution >= 4 is 27.8 Å². The van der Waals surface area contributed by atoms with E-state index in [-0.39, 0.29) is 35.5 Å². The van der Waals surface area contributed by atoms with Gasteiger partial charge in [-0.25, -0.2) is 0 Å². The van der Waals surface area contributed by atoms with E-state index in [4.69, 9.17) is 4.42 Å². The average molecular weight is 367 g/mol. The molecule has 0 saturated heterocycles. The van der Waals surface area contributed by atoms with Gasteiger partial charge < -0.3 is 14.3 Å². The van der Waals surface area contributed by atoms with Gasteiger partial charge in [-0.3, -0.25) is 9.67 Å². The van der Waals surface area contributed by atoms with E-state index in [0.717, 1.165) is 6.07 Å². The molecule has 4 aromatic rings. The van der Waals surface area contributed by atoms with Crippen molar-refractivity contribution in [3.63, 3.8) is 0 Å². The molecule has 6 nitrogen and oxygen atoms in total. The number of halogens is 3. The number of carbonyl (C=O) groups is 1. The number of carbonyl (C=O) groups excluding carboxylic acids is 1. The molecule has 3 aromatic heterocycles. The van der Waals surface area contributed by atoms with E-state index < -0.39 is 24.4 Å². The Labute approximate surface area is 161 Å². The molecular formula is C17H9F3LiN3O3. The van der Waals surface area contributed by atoms with Crippen molar-refractivity contribution in [2.24, 2.45) is 0 Å². The molecular weight excluding hydrogens is 358 g/mol. The number of carboxylic acid groups (broad SMARTS) is 1. The Bertz CT molecular complexity index is 1150. The number of furan rings is 1. The molecule has 0 radical (unpaired) electrons. The van der Waals surface area contributed by atoms with E-state index in [1.54, 1.807) is 24.3 Å². The molecule has 0 amide bonds. The maximum absolute atomic E-state index is 12.9. The maximum Gasteiger partial charge on any atom is 1.00 e. The molecule has 27 heavy (non-hydrogen) atoms. The first kappa shape index (κ1) is 19.0. The zero-order valence-corrected chi connectivity index (χ0v) is 13.9. The Kier molecular flexibility index (Phi) is 4.76. The van der Waals surface area contributed by atoms with E-state index >= 15 is 0 Å². The molecule has 0 fully saturated rings. The second-order valence-corrected chi connectivity index (χ2v) is 5.64. The van der Waals surface area contributed by atoms with Crippen LogP contribution < -0.4 is 24.0 Å². The van der Waals surface area contributed by atoms with Crippen molar-refractivity contribution in [3.05, 3.63) is 48.5 Å². The summed E-state index contributed by atoms with van der Waals surface area (Å²) in [4.78, 5) is 14.8. The van der Waals surface area contributed by atoms with Crippen LogP contribution in [0.15, 0.2) is 47.2 Å². The van der Waals surface area contributed by atoms with E-state index in [2.05, 4.69) is 10.1 Å². The first-order valence-electron chi connectivity index (χ1n) is 7.45. The van der Waals surface area contributed by atoms with Gasteiger partial charge in [-0.15, -0.1) is 0 Å². The fraction of sp³-hybridized carbons (Fsp3) is 0.118. The average Bonchev–Trinajstić information content (AvgIpc) is 3.14. The largest absolute Gasteiger partial charge is 1.00 e. The molecule has 0 saturated carbocycles. The van der Waals surface area contributed by atoms with Crippen LogP contribution in [0.1, 0.15) is 10.5 Å². The Hall–Kier alpha value is -2.76. The molecule has 4 rings (SSSR count). The molecule has 3 heterocycles. The van der Waals surface area contributed by atoms with Crippen LogP contribution in [0.3, 0.4) is 0 Å². The Morgan fingerprint density at radius 2 is 1.96 bits per heavy atom. The monoisotopic (exact) mass is 367 g/mol. The normalized spacial score (nSPS) is 11.7. The molecule has 10 heteroatoms. The summed E-state index contributed by atoms with van der Waals surface area (Å²) in [5.41, 5.74) is 0.808. The molecule has 0 N–H and O–H groups in total. The summed E-state index contributed by atoms with van der Waals surface area (Å²) in [7, 11) is 0. The number of hydrogen-bond donors (Lipinski definition) is 0. The predicted molar refractivity (Wildman–Crippen MR) is 83.1 cm³/mol. The molecule has 0 aliphatic heterocycles. The van der Waals surface area contributed by atoms with Crippen LogP contribution in [-0.4, -0.2) is 26.9 Å². The molecule has 0 spiro atoms.